The van der Waals surface area contributed by atoms with Gasteiger partial charge in [-0.15, -0.1) is 10.2 Å². The molecule has 0 aliphatic carbocycles. The standard InChI is InChI=1S/C19H20BrN3OS/c1-13-7-8-17(9-14(13)2)24-11-18-21-22-19(23(18)3)25-12-15-5-4-6-16(20)10-15/h4-10H,11-12H2,1-3H3. The third kappa shape index (κ3) is 4.64. The molecule has 3 rings (SSSR count). The number of benzene rings is 2. The lowest BCUT2D eigenvalue weighted by Gasteiger charge is -2.08. The van der Waals surface area contributed by atoms with E-state index in [9.17, 15) is 0 Å². The lowest BCUT2D eigenvalue weighted by atomic mass is 10.1. The normalized spacial score (nSPS) is 10.9. The molecule has 0 unspecified atom stereocenters. The summed E-state index contributed by atoms with van der Waals surface area (Å²) in [6.07, 6.45) is 0. The average Bonchev–Trinajstić information content (AvgIpc) is 2.94. The van der Waals surface area contributed by atoms with Crippen LogP contribution in [0.5, 0.6) is 5.75 Å². The smallest absolute Gasteiger partial charge is 0.191 e. The molecule has 0 amide bonds. The highest BCUT2D eigenvalue weighted by Gasteiger charge is 2.10. The van der Waals surface area contributed by atoms with Crippen molar-refractivity contribution in [2.24, 2.45) is 7.05 Å². The molecule has 130 valence electrons. The van der Waals surface area contributed by atoms with E-state index >= 15 is 0 Å². The summed E-state index contributed by atoms with van der Waals surface area (Å²) in [6.45, 7) is 4.58. The minimum atomic E-state index is 0.406. The first-order valence-corrected chi connectivity index (χ1v) is 9.76. The summed E-state index contributed by atoms with van der Waals surface area (Å²) in [5, 5.41) is 9.43. The van der Waals surface area contributed by atoms with Gasteiger partial charge in [0.1, 0.15) is 12.4 Å². The predicted octanol–water partition coefficient (Wildman–Crippen LogP) is 5.07. The minimum Gasteiger partial charge on any atom is -0.486 e. The molecule has 0 N–H and O–H groups in total. The van der Waals surface area contributed by atoms with Gasteiger partial charge in [0.25, 0.3) is 0 Å². The van der Waals surface area contributed by atoms with Gasteiger partial charge in [-0.2, -0.15) is 0 Å². The van der Waals surface area contributed by atoms with Crippen molar-refractivity contribution in [1.82, 2.24) is 14.8 Å². The first-order valence-electron chi connectivity index (χ1n) is 7.98. The molecule has 6 heteroatoms. The van der Waals surface area contributed by atoms with E-state index in [0.717, 1.165) is 27.0 Å². The van der Waals surface area contributed by atoms with Gasteiger partial charge in [-0.1, -0.05) is 45.9 Å². The molecule has 0 aliphatic heterocycles. The molecule has 1 aromatic heterocycles. The maximum absolute atomic E-state index is 5.86. The van der Waals surface area contributed by atoms with Crippen molar-refractivity contribution >= 4 is 27.7 Å². The van der Waals surface area contributed by atoms with Gasteiger partial charge < -0.3 is 9.30 Å². The lowest BCUT2D eigenvalue weighted by Crippen LogP contribution is -2.04. The highest BCUT2D eigenvalue weighted by atomic mass is 79.9. The van der Waals surface area contributed by atoms with Gasteiger partial charge in [-0.05, 0) is 54.8 Å². The number of aromatic nitrogens is 3. The Kier molecular flexibility index (Phi) is 5.81. The number of hydrogen-bond donors (Lipinski definition) is 0. The van der Waals surface area contributed by atoms with E-state index in [0.29, 0.717) is 6.61 Å². The van der Waals surface area contributed by atoms with Crippen LogP contribution >= 0.6 is 27.7 Å². The molecular weight excluding hydrogens is 398 g/mol. The number of hydrogen-bond acceptors (Lipinski definition) is 4. The van der Waals surface area contributed by atoms with Crippen LogP contribution in [0.25, 0.3) is 0 Å². The van der Waals surface area contributed by atoms with Crippen LogP contribution in [0.1, 0.15) is 22.5 Å². The molecule has 0 saturated heterocycles. The van der Waals surface area contributed by atoms with Crippen LogP contribution in [-0.4, -0.2) is 14.8 Å². The molecule has 0 radical (unpaired) electrons. The number of halogens is 1. The molecule has 2 aromatic carbocycles. The second-order valence-electron chi connectivity index (χ2n) is 5.91. The van der Waals surface area contributed by atoms with Crippen LogP contribution in [0.4, 0.5) is 0 Å². The topological polar surface area (TPSA) is 39.9 Å². The lowest BCUT2D eigenvalue weighted by molar-refractivity contribution is 0.290. The molecule has 25 heavy (non-hydrogen) atoms. The fourth-order valence-electron chi connectivity index (χ4n) is 2.32. The van der Waals surface area contributed by atoms with E-state index in [2.05, 4.69) is 64.2 Å². The van der Waals surface area contributed by atoms with Gasteiger partial charge >= 0.3 is 0 Å². The molecule has 0 fully saturated rings. The molecular formula is C19H20BrN3OS. The Balaban J connectivity index is 1.61. The summed E-state index contributed by atoms with van der Waals surface area (Å²) in [5.41, 5.74) is 3.73. The zero-order chi connectivity index (χ0) is 17.8. The number of aryl methyl sites for hydroxylation is 2. The van der Waals surface area contributed by atoms with E-state index < -0.39 is 0 Å². The van der Waals surface area contributed by atoms with Crippen molar-refractivity contribution in [1.29, 1.82) is 0 Å². The van der Waals surface area contributed by atoms with E-state index in [4.69, 9.17) is 4.74 Å². The fraction of sp³-hybridized carbons (Fsp3) is 0.263. The van der Waals surface area contributed by atoms with Gasteiger partial charge in [-0.25, -0.2) is 0 Å². The van der Waals surface area contributed by atoms with Gasteiger partial charge in [0, 0.05) is 17.3 Å². The summed E-state index contributed by atoms with van der Waals surface area (Å²) >= 11 is 5.17. The second kappa shape index (κ2) is 8.06. The highest BCUT2D eigenvalue weighted by molar-refractivity contribution is 9.10. The Hall–Kier alpha value is -1.79. The highest BCUT2D eigenvalue weighted by Crippen LogP contribution is 2.23. The first-order chi connectivity index (χ1) is 12.0. The minimum absolute atomic E-state index is 0.406. The van der Waals surface area contributed by atoms with Crippen LogP contribution in [0.3, 0.4) is 0 Å². The third-order valence-corrected chi connectivity index (χ3v) is 5.61. The number of rotatable bonds is 6. The van der Waals surface area contributed by atoms with Crippen molar-refractivity contribution < 1.29 is 4.74 Å². The van der Waals surface area contributed by atoms with Crippen molar-refractivity contribution in [3.63, 3.8) is 0 Å². The molecule has 0 saturated carbocycles. The molecule has 3 aromatic rings. The largest absolute Gasteiger partial charge is 0.486 e. The van der Waals surface area contributed by atoms with Crippen molar-refractivity contribution in [2.75, 3.05) is 0 Å². The summed E-state index contributed by atoms with van der Waals surface area (Å²) < 4.78 is 8.94. The van der Waals surface area contributed by atoms with Gasteiger partial charge in [-0.3, -0.25) is 0 Å². The van der Waals surface area contributed by atoms with Crippen molar-refractivity contribution in [3.05, 3.63) is 69.5 Å². The van der Waals surface area contributed by atoms with Crippen LogP contribution in [0, 0.1) is 13.8 Å². The second-order valence-corrected chi connectivity index (χ2v) is 7.77. The Morgan fingerprint density at radius 1 is 1.08 bits per heavy atom. The van der Waals surface area contributed by atoms with Gasteiger partial charge in [0.05, 0.1) is 0 Å². The SMILES string of the molecule is Cc1ccc(OCc2nnc(SCc3cccc(Br)c3)n2C)cc1C. The monoisotopic (exact) mass is 417 g/mol. The predicted molar refractivity (Wildman–Crippen MR) is 105 cm³/mol. The van der Waals surface area contributed by atoms with E-state index in [1.807, 2.05) is 29.8 Å². The van der Waals surface area contributed by atoms with Crippen LogP contribution < -0.4 is 4.74 Å². The molecule has 0 atom stereocenters. The number of thioether (sulfide) groups is 1. The first kappa shape index (κ1) is 18.0. The average molecular weight is 418 g/mol. The van der Waals surface area contributed by atoms with Crippen molar-refractivity contribution in [3.8, 4) is 5.75 Å². The summed E-state index contributed by atoms with van der Waals surface area (Å²) in [7, 11) is 1.97. The summed E-state index contributed by atoms with van der Waals surface area (Å²) in [4.78, 5) is 0. The molecule has 4 nitrogen and oxygen atoms in total. The Labute approximate surface area is 160 Å². The molecule has 0 spiro atoms. The van der Waals surface area contributed by atoms with E-state index in [1.54, 1.807) is 11.8 Å². The van der Waals surface area contributed by atoms with Crippen LogP contribution in [0.15, 0.2) is 52.1 Å². The number of ether oxygens (including phenoxy) is 1. The maximum Gasteiger partial charge on any atom is 0.191 e. The van der Waals surface area contributed by atoms with Crippen LogP contribution in [0.2, 0.25) is 0 Å². The third-order valence-electron chi connectivity index (χ3n) is 4.03. The van der Waals surface area contributed by atoms with Gasteiger partial charge in [0.2, 0.25) is 0 Å². The van der Waals surface area contributed by atoms with Crippen molar-refractivity contribution in [2.45, 2.75) is 31.4 Å². The maximum atomic E-state index is 5.86. The van der Waals surface area contributed by atoms with Crippen LogP contribution in [-0.2, 0) is 19.4 Å². The Morgan fingerprint density at radius 2 is 1.92 bits per heavy atom. The number of nitrogens with zero attached hydrogens (tertiary/aromatic N) is 3. The van der Waals surface area contributed by atoms with E-state index in [-0.39, 0.29) is 0 Å². The quantitative estimate of drug-likeness (QED) is 0.525. The zero-order valence-electron chi connectivity index (χ0n) is 14.5. The Morgan fingerprint density at radius 3 is 2.68 bits per heavy atom. The summed E-state index contributed by atoms with van der Waals surface area (Å²) in [6, 6.07) is 14.4. The molecule has 1 heterocycles. The van der Waals surface area contributed by atoms with Gasteiger partial charge in [0.15, 0.2) is 11.0 Å². The molecule has 0 bridgehead atoms. The van der Waals surface area contributed by atoms with E-state index in [1.165, 1.54) is 16.7 Å². The molecule has 0 aliphatic rings. The Bertz CT molecular complexity index is 879. The fourth-order valence-corrected chi connectivity index (χ4v) is 3.64. The summed E-state index contributed by atoms with van der Waals surface area (Å²) in [5.74, 6) is 2.52. The zero-order valence-corrected chi connectivity index (χ0v) is 16.9.